The van der Waals surface area contributed by atoms with E-state index >= 15 is 0 Å². The Morgan fingerprint density at radius 1 is 1.22 bits per heavy atom. The van der Waals surface area contributed by atoms with Crippen molar-refractivity contribution in [2.75, 3.05) is 18.1 Å². The van der Waals surface area contributed by atoms with Crippen LogP contribution in [0.4, 0.5) is 5.69 Å². The van der Waals surface area contributed by atoms with Crippen molar-refractivity contribution in [2.24, 2.45) is 0 Å². The standard InChI is InChI=1S/C13H19NO3S/c1-18(16,17)12-6-4-11(5-7-12)14-10-13(15)8-2-3-9-13/h4-7,14-15H,2-3,8-10H2,1H3. The zero-order valence-corrected chi connectivity index (χ0v) is 11.3. The van der Waals surface area contributed by atoms with Gasteiger partial charge in [0.1, 0.15) is 0 Å². The van der Waals surface area contributed by atoms with E-state index in [9.17, 15) is 13.5 Å². The number of sulfone groups is 1. The molecule has 1 fully saturated rings. The highest BCUT2D eigenvalue weighted by molar-refractivity contribution is 7.90. The number of rotatable bonds is 4. The van der Waals surface area contributed by atoms with Crippen LogP contribution in [0, 0.1) is 0 Å². The lowest BCUT2D eigenvalue weighted by atomic mass is 10.0. The van der Waals surface area contributed by atoms with Gasteiger partial charge in [-0.2, -0.15) is 0 Å². The molecule has 0 saturated heterocycles. The van der Waals surface area contributed by atoms with Gasteiger partial charge in [0.25, 0.3) is 0 Å². The molecular formula is C13H19NO3S. The average molecular weight is 269 g/mol. The van der Waals surface area contributed by atoms with Crippen molar-refractivity contribution in [3.05, 3.63) is 24.3 Å². The van der Waals surface area contributed by atoms with Crippen LogP contribution in [0.5, 0.6) is 0 Å². The van der Waals surface area contributed by atoms with Crippen molar-refractivity contribution in [3.8, 4) is 0 Å². The van der Waals surface area contributed by atoms with Crippen LogP contribution in [0.15, 0.2) is 29.2 Å². The van der Waals surface area contributed by atoms with Crippen LogP contribution in [0.25, 0.3) is 0 Å². The second-order valence-electron chi connectivity index (χ2n) is 5.08. The van der Waals surface area contributed by atoms with Crippen molar-refractivity contribution < 1.29 is 13.5 Å². The zero-order chi connectivity index (χ0) is 13.2. The van der Waals surface area contributed by atoms with E-state index in [0.29, 0.717) is 11.4 Å². The molecule has 100 valence electrons. The lowest BCUT2D eigenvalue weighted by molar-refractivity contribution is 0.0615. The van der Waals surface area contributed by atoms with Crippen LogP contribution in [-0.4, -0.2) is 31.9 Å². The number of hydrogen-bond donors (Lipinski definition) is 2. The van der Waals surface area contributed by atoms with Crippen molar-refractivity contribution >= 4 is 15.5 Å². The lowest BCUT2D eigenvalue weighted by Crippen LogP contribution is -2.33. The van der Waals surface area contributed by atoms with E-state index in [2.05, 4.69) is 5.32 Å². The Morgan fingerprint density at radius 2 is 1.78 bits per heavy atom. The number of anilines is 1. The van der Waals surface area contributed by atoms with Gasteiger partial charge in [0, 0.05) is 18.5 Å². The third-order valence-electron chi connectivity index (χ3n) is 3.44. The Hall–Kier alpha value is -1.07. The van der Waals surface area contributed by atoms with Crippen molar-refractivity contribution in [3.63, 3.8) is 0 Å². The number of hydrogen-bond acceptors (Lipinski definition) is 4. The first kappa shape index (κ1) is 13.4. The van der Waals surface area contributed by atoms with Crippen LogP contribution in [0.2, 0.25) is 0 Å². The predicted molar refractivity (Wildman–Crippen MR) is 71.5 cm³/mol. The molecule has 0 bridgehead atoms. The minimum absolute atomic E-state index is 0.313. The topological polar surface area (TPSA) is 66.4 Å². The van der Waals surface area contributed by atoms with E-state index < -0.39 is 15.4 Å². The van der Waals surface area contributed by atoms with Crippen LogP contribution in [-0.2, 0) is 9.84 Å². The second kappa shape index (κ2) is 4.90. The molecule has 1 aromatic rings. The third-order valence-corrected chi connectivity index (χ3v) is 4.57. The minimum atomic E-state index is -3.14. The molecule has 5 heteroatoms. The summed E-state index contributed by atoms with van der Waals surface area (Å²) in [4.78, 5) is 0.313. The minimum Gasteiger partial charge on any atom is -0.388 e. The molecule has 0 amide bonds. The van der Waals surface area contributed by atoms with Gasteiger partial charge in [-0.15, -0.1) is 0 Å². The van der Waals surface area contributed by atoms with E-state index in [-0.39, 0.29) is 0 Å². The van der Waals surface area contributed by atoms with Crippen molar-refractivity contribution in [1.29, 1.82) is 0 Å². The molecule has 0 aliphatic heterocycles. The van der Waals surface area contributed by atoms with E-state index in [4.69, 9.17) is 0 Å². The first-order chi connectivity index (χ1) is 8.39. The summed E-state index contributed by atoms with van der Waals surface area (Å²) < 4.78 is 22.6. The van der Waals surface area contributed by atoms with Crippen molar-refractivity contribution in [2.45, 2.75) is 36.2 Å². The molecular weight excluding hydrogens is 250 g/mol. The van der Waals surface area contributed by atoms with E-state index in [1.54, 1.807) is 24.3 Å². The summed E-state index contributed by atoms with van der Waals surface area (Å²) in [5.74, 6) is 0. The second-order valence-corrected chi connectivity index (χ2v) is 7.10. The number of benzene rings is 1. The molecule has 2 N–H and O–H groups in total. The summed E-state index contributed by atoms with van der Waals surface area (Å²) in [5.41, 5.74) is 0.234. The highest BCUT2D eigenvalue weighted by Gasteiger charge is 2.30. The molecule has 0 heterocycles. The highest BCUT2D eigenvalue weighted by Crippen LogP contribution is 2.29. The number of aliphatic hydroxyl groups is 1. The van der Waals surface area contributed by atoms with Crippen molar-refractivity contribution in [1.82, 2.24) is 0 Å². The van der Waals surface area contributed by atoms with Gasteiger partial charge >= 0.3 is 0 Å². The highest BCUT2D eigenvalue weighted by atomic mass is 32.2. The molecule has 0 unspecified atom stereocenters. The molecule has 1 aliphatic rings. The number of nitrogens with one attached hydrogen (secondary N) is 1. The summed E-state index contributed by atoms with van der Waals surface area (Å²) in [6.45, 7) is 0.519. The van der Waals surface area contributed by atoms with E-state index in [1.807, 2.05) is 0 Å². The normalized spacial score (nSPS) is 18.8. The zero-order valence-electron chi connectivity index (χ0n) is 10.5. The van der Waals surface area contributed by atoms with Gasteiger partial charge in [-0.3, -0.25) is 0 Å². The van der Waals surface area contributed by atoms with E-state index in [0.717, 1.165) is 31.4 Å². The summed E-state index contributed by atoms with van der Waals surface area (Å²) >= 11 is 0. The molecule has 1 aromatic carbocycles. The Labute approximate surface area is 108 Å². The van der Waals surface area contributed by atoms with Gasteiger partial charge < -0.3 is 10.4 Å². The van der Waals surface area contributed by atoms with Crippen LogP contribution >= 0.6 is 0 Å². The monoisotopic (exact) mass is 269 g/mol. The SMILES string of the molecule is CS(=O)(=O)c1ccc(NCC2(O)CCCC2)cc1. The van der Waals surface area contributed by atoms with Crippen LogP contribution < -0.4 is 5.32 Å². The lowest BCUT2D eigenvalue weighted by Gasteiger charge is -2.23. The summed E-state index contributed by atoms with van der Waals surface area (Å²) in [5, 5.41) is 13.3. The molecule has 18 heavy (non-hydrogen) atoms. The average Bonchev–Trinajstić information content (AvgIpc) is 2.74. The maximum Gasteiger partial charge on any atom is 0.175 e. The first-order valence-electron chi connectivity index (χ1n) is 6.15. The summed E-state index contributed by atoms with van der Waals surface area (Å²) in [6, 6.07) is 6.62. The third kappa shape index (κ3) is 3.23. The quantitative estimate of drug-likeness (QED) is 0.875. The molecule has 1 saturated carbocycles. The fourth-order valence-corrected chi connectivity index (χ4v) is 2.93. The predicted octanol–water partition coefficient (Wildman–Crippen LogP) is 1.81. The van der Waals surface area contributed by atoms with Gasteiger partial charge in [-0.25, -0.2) is 8.42 Å². The fraction of sp³-hybridized carbons (Fsp3) is 0.538. The van der Waals surface area contributed by atoms with Crippen LogP contribution in [0.3, 0.4) is 0 Å². The maximum atomic E-state index is 11.3. The van der Waals surface area contributed by atoms with Gasteiger partial charge in [0.2, 0.25) is 0 Å². The Balaban J connectivity index is 1.98. The molecule has 1 aliphatic carbocycles. The molecule has 2 rings (SSSR count). The van der Waals surface area contributed by atoms with E-state index in [1.165, 1.54) is 6.26 Å². The molecule has 0 atom stereocenters. The summed E-state index contributed by atoms with van der Waals surface area (Å²) in [6.07, 6.45) is 5.01. The molecule has 0 spiro atoms. The maximum absolute atomic E-state index is 11.3. The largest absolute Gasteiger partial charge is 0.388 e. The summed E-state index contributed by atoms with van der Waals surface area (Å²) in [7, 11) is -3.14. The Morgan fingerprint density at radius 3 is 2.28 bits per heavy atom. The Bertz CT molecular complexity index is 502. The van der Waals surface area contributed by atoms with Gasteiger partial charge in [-0.05, 0) is 37.1 Å². The van der Waals surface area contributed by atoms with Gasteiger partial charge in [0.15, 0.2) is 9.84 Å². The Kier molecular flexibility index (Phi) is 3.64. The molecule has 0 aromatic heterocycles. The molecule has 4 nitrogen and oxygen atoms in total. The van der Waals surface area contributed by atoms with Gasteiger partial charge in [-0.1, -0.05) is 12.8 Å². The van der Waals surface area contributed by atoms with Crippen LogP contribution in [0.1, 0.15) is 25.7 Å². The fourth-order valence-electron chi connectivity index (χ4n) is 2.30. The first-order valence-corrected chi connectivity index (χ1v) is 8.05. The smallest absolute Gasteiger partial charge is 0.175 e. The molecule has 0 radical (unpaired) electrons. The van der Waals surface area contributed by atoms with Gasteiger partial charge in [0.05, 0.1) is 10.5 Å².